The molecule has 3 aromatic rings. The predicted molar refractivity (Wildman–Crippen MR) is 112 cm³/mol. The van der Waals surface area contributed by atoms with Gasteiger partial charge in [0.1, 0.15) is 5.82 Å². The molecule has 0 radical (unpaired) electrons. The zero-order valence-corrected chi connectivity index (χ0v) is 17.4. The maximum atomic E-state index is 13.4. The smallest absolute Gasteiger partial charge is 0.228 e. The fourth-order valence-corrected chi connectivity index (χ4v) is 5.05. The summed E-state index contributed by atoms with van der Waals surface area (Å²) in [7, 11) is 0. The second-order valence-corrected chi connectivity index (χ2v) is 9.20. The average molecular weight is 416 g/mol. The fourth-order valence-electron chi connectivity index (χ4n) is 3.39. The van der Waals surface area contributed by atoms with Crippen molar-refractivity contribution in [3.05, 3.63) is 63.2 Å². The van der Waals surface area contributed by atoms with Gasteiger partial charge < -0.3 is 4.90 Å². The minimum atomic E-state index is -0.207. The van der Waals surface area contributed by atoms with Gasteiger partial charge in [-0.1, -0.05) is 12.1 Å². The fraction of sp³-hybridized carbons (Fsp3) is 0.333. The quantitative estimate of drug-likeness (QED) is 0.626. The van der Waals surface area contributed by atoms with E-state index in [0.29, 0.717) is 6.42 Å². The maximum absolute atomic E-state index is 13.4. The van der Waals surface area contributed by atoms with E-state index >= 15 is 0 Å². The molecule has 0 saturated carbocycles. The summed E-state index contributed by atoms with van der Waals surface area (Å²) in [6.45, 7) is 6.08. The summed E-state index contributed by atoms with van der Waals surface area (Å²) in [6.07, 6.45) is 0.395. The zero-order chi connectivity index (χ0) is 19.5. The Morgan fingerprint density at radius 3 is 2.71 bits per heavy atom. The lowest BCUT2D eigenvalue weighted by Crippen LogP contribution is -2.48. The first kappa shape index (κ1) is 19.2. The lowest BCUT2D eigenvalue weighted by atomic mass is 10.2. The van der Waals surface area contributed by atoms with Gasteiger partial charge in [0.15, 0.2) is 0 Å². The molecular weight excluding hydrogens is 393 g/mol. The second-order valence-electron chi connectivity index (χ2n) is 6.97. The Kier molecular flexibility index (Phi) is 5.85. The molecule has 0 unspecified atom stereocenters. The number of aryl methyl sites for hydroxylation is 1. The first-order valence-electron chi connectivity index (χ1n) is 9.32. The Morgan fingerprint density at radius 1 is 1.18 bits per heavy atom. The Morgan fingerprint density at radius 2 is 2.00 bits per heavy atom. The van der Waals surface area contributed by atoms with Crippen LogP contribution in [0.15, 0.2) is 41.8 Å². The molecule has 2 aromatic heterocycles. The van der Waals surface area contributed by atoms with Crippen LogP contribution in [0.25, 0.3) is 10.4 Å². The zero-order valence-electron chi connectivity index (χ0n) is 15.7. The Hall–Kier alpha value is -2.09. The summed E-state index contributed by atoms with van der Waals surface area (Å²) in [6, 6.07) is 10.9. The van der Waals surface area contributed by atoms with Crippen molar-refractivity contribution < 1.29 is 9.18 Å². The van der Waals surface area contributed by atoms with Gasteiger partial charge >= 0.3 is 0 Å². The topological polar surface area (TPSA) is 36.4 Å². The molecule has 1 amide bonds. The number of piperazine rings is 1. The molecule has 4 rings (SSSR count). The normalized spacial score (nSPS) is 15.1. The van der Waals surface area contributed by atoms with E-state index in [2.05, 4.69) is 22.0 Å². The molecule has 1 fully saturated rings. The van der Waals surface area contributed by atoms with Crippen LogP contribution in [0.2, 0.25) is 0 Å². The molecule has 1 aliphatic heterocycles. The molecule has 4 nitrogen and oxygen atoms in total. The van der Waals surface area contributed by atoms with E-state index in [0.717, 1.165) is 53.9 Å². The molecule has 0 bridgehead atoms. The molecule has 1 aliphatic rings. The molecule has 146 valence electrons. The van der Waals surface area contributed by atoms with Crippen LogP contribution in [0.4, 0.5) is 4.39 Å². The maximum Gasteiger partial charge on any atom is 0.228 e. The van der Waals surface area contributed by atoms with Crippen molar-refractivity contribution in [1.29, 1.82) is 0 Å². The highest BCUT2D eigenvalue weighted by molar-refractivity contribution is 7.15. The van der Waals surface area contributed by atoms with E-state index in [9.17, 15) is 9.18 Å². The summed E-state index contributed by atoms with van der Waals surface area (Å²) in [5.74, 6) is -0.0458. The van der Waals surface area contributed by atoms with E-state index < -0.39 is 0 Å². The number of hydrogen-bond donors (Lipinski definition) is 0. The number of aromatic nitrogens is 1. The second kappa shape index (κ2) is 8.51. The van der Waals surface area contributed by atoms with Gasteiger partial charge in [-0.15, -0.1) is 22.7 Å². The average Bonchev–Trinajstić information content (AvgIpc) is 3.31. The van der Waals surface area contributed by atoms with E-state index in [1.54, 1.807) is 34.8 Å². The third kappa shape index (κ3) is 4.66. The number of thiophene rings is 1. The number of nitrogens with zero attached hydrogens (tertiary/aromatic N) is 3. The van der Waals surface area contributed by atoms with Gasteiger partial charge in [0.25, 0.3) is 0 Å². The van der Waals surface area contributed by atoms with Crippen LogP contribution in [0.3, 0.4) is 0 Å². The van der Waals surface area contributed by atoms with E-state index in [-0.39, 0.29) is 11.7 Å². The molecule has 0 N–H and O–H groups in total. The molecule has 7 heteroatoms. The Labute approximate surface area is 172 Å². The lowest BCUT2D eigenvalue weighted by molar-refractivity contribution is -0.132. The number of halogens is 1. The van der Waals surface area contributed by atoms with Crippen LogP contribution >= 0.6 is 22.7 Å². The van der Waals surface area contributed by atoms with E-state index in [1.165, 1.54) is 10.9 Å². The van der Waals surface area contributed by atoms with Gasteiger partial charge in [0.2, 0.25) is 5.91 Å². The van der Waals surface area contributed by atoms with Crippen molar-refractivity contribution in [1.82, 2.24) is 14.8 Å². The number of carbonyl (C=O) groups is 1. The summed E-state index contributed by atoms with van der Waals surface area (Å²) >= 11 is 3.29. The Bertz CT molecular complexity index is 960. The molecule has 28 heavy (non-hydrogen) atoms. The molecule has 3 heterocycles. The summed E-state index contributed by atoms with van der Waals surface area (Å²) in [5, 5.41) is 2.97. The van der Waals surface area contributed by atoms with Crippen LogP contribution in [0.1, 0.15) is 15.6 Å². The highest BCUT2D eigenvalue weighted by atomic mass is 32.1. The summed E-state index contributed by atoms with van der Waals surface area (Å²) < 4.78 is 13.4. The highest BCUT2D eigenvalue weighted by Crippen LogP contribution is 2.29. The number of rotatable bonds is 5. The van der Waals surface area contributed by atoms with Crippen molar-refractivity contribution in [3.63, 3.8) is 0 Å². The van der Waals surface area contributed by atoms with Crippen molar-refractivity contribution in [2.75, 3.05) is 26.2 Å². The lowest BCUT2D eigenvalue weighted by Gasteiger charge is -2.34. The van der Waals surface area contributed by atoms with Crippen molar-refractivity contribution in [2.24, 2.45) is 0 Å². The number of thiazole rings is 1. The summed E-state index contributed by atoms with van der Waals surface area (Å²) in [5.41, 5.74) is 1.79. The van der Waals surface area contributed by atoms with E-state index in [4.69, 9.17) is 0 Å². The molecule has 0 atom stereocenters. The third-order valence-corrected chi connectivity index (χ3v) is 6.82. The Balaban J connectivity index is 1.29. The minimum absolute atomic E-state index is 0.162. The summed E-state index contributed by atoms with van der Waals surface area (Å²) in [4.78, 5) is 23.5. The van der Waals surface area contributed by atoms with Gasteiger partial charge in [0.05, 0.1) is 17.1 Å². The number of carbonyl (C=O) groups excluding carboxylic acids is 1. The van der Waals surface area contributed by atoms with Crippen LogP contribution in [-0.4, -0.2) is 46.9 Å². The van der Waals surface area contributed by atoms with Gasteiger partial charge in [-0.25, -0.2) is 9.37 Å². The SMILES string of the molecule is Cc1nc(CC(=O)N2CCN(Cc3ccc(-c4cccc(F)c4)s3)CC2)cs1. The van der Waals surface area contributed by atoms with E-state index in [1.807, 2.05) is 23.3 Å². The first-order valence-corrected chi connectivity index (χ1v) is 11.0. The number of amides is 1. The third-order valence-electron chi connectivity index (χ3n) is 4.87. The van der Waals surface area contributed by atoms with Crippen molar-refractivity contribution in [2.45, 2.75) is 19.9 Å². The number of hydrogen-bond acceptors (Lipinski definition) is 5. The van der Waals surface area contributed by atoms with Gasteiger partial charge in [-0.2, -0.15) is 0 Å². The predicted octanol–water partition coefficient (Wildman–Crippen LogP) is 4.21. The minimum Gasteiger partial charge on any atom is -0.340 e. The largest absolute Gasteiger partial charge is 0.340 e. The standard InChI is InChI=1S/C21H22FN3OS2/c1-15-23-18(14-27-15)12-21(26)25-9-7-24(8-10-25)13-19-5-6-20(28-19)16-3-2-4-17(22)11-16/h2-6,11,14H,7-10,12-13H2,1H3. The van der Waals surface area contributed by atoms with Gasteiger partial charge in [0, 0.05) is 47.9 Å². The molecular formula is C21H22FN3OS2. The van der Waals surface area contributed by atoms with Gasteiger partial charge in [-0.3, -0.25) is 9.69 Å². The van der Waals surface area contributed by atoms with Crippen LogP contribution in [0, 0.1) is 12.7 Å². The molecule has 0 spiro atoms. The van der Waals surface area contributed by atoms with Crippen LogP contribution < -0.4 is 0 Å². The monoisotopic (exact) mass is 415 g/mol. The van der Waals surface area contributed by atoms with Crippen molar-refractivity contribution in [3.8, 4) is 10.4 Å². The molecule has 0 aliphatic carbocycles. The first-order chi connectivity index (χ1) is 13.6. The molecule has 1 saturated heterocycles. The number of benzene rings is 1. The molecule has 1 aromatic carbocycles. The van der Waals surface area contributed by atoms with Crippen molar-refractivity contribution >= 4 is 28.6 Å². The highest BCUT2D eigenvalue weighted by Gasteiger charge is 2.22. The van der Waals surface area contributed by atoms with Crippen LogP contribution in [0.5, 0.6) is 0 Å². The van der Waals surface area contributed by atoms with Gasteiger partial charge in [-0.05, 0) is 36.8 Å². The van der Waals surface area contributed by atoms with Crippen LogP contribution in [-0.2, 0) is 17.8 Å².